The lowest BCUT2D eigenvalue weighted by Gasteiger charge is -2.42. The van der Waals surface area contributed by atoms with Crippen LogP contribution in [0.2, 0.25) is 0 Å². The molecule has 1 aromatic rings. The van der Waals surface area contributed by atoms with Crippen LogP contribution in [-0.4, -0.2) is 25.3 Å². The molecule has 0 N–H and O–H groups in total. The topological polar surface area (TPSA) is 37.4 Å². The van der Waals surface area contributed by atoms with E-state index in [1.165, 1.54) is 37.0 Å². The monoisotopic (exact) mass is 285 g/mol. The molecule has 1 saturated heterocycles. The van der Waals surface area contributed by atoms with E-state index >= 15 is 0 Å². The summed E-state index contributed by atoms with van der Waals surface area (Å²) in [6, 6.07) is 3.81. The first-order chi connectivity index (χ1) is 8.69. The van der Waals surface area contributed by atoms with E-state index in [1.807, 2.05) is 11.4 Å². The minimum absolute atomic E-state index is 0.264. The van der Waals surface area contributed by atoms with E-state index in [9.17, 15) is 8.42 Å². The van der Waals surface area contributed by atoms with Crippen molar-refractivity contribution in [3.8, 4) is 0 Å². The highest BCUT2D eigenvalue weighted by Crippen LogP contribution is 2.38. The number of hydrogen-bond donors (Lipinski definition) is 0. The number of nitrogens with zero attached hydrogens (tertiary/aromatic N) is 1. The first-order valence-electron chi connectivity index (χ1n) is 6.75. The van der Waals surface area contributed by atoms with E-state index in [-0.39, 0.29) is 6.04 Å². The predicted molar refractivity (Wildman–Crippen MR) is 73.2 cm³/mol. The third-order valence-electron chi connectivity index (χ3n) is 4.25. The quantitative estimate of drug-likeness (QED) is 0.837. The molecule has 0 aromatic carbocycles. The molecule has 2 atom stereocenters. The van der Waals surface area contributed by atoms with Gasteiger partial charge in [0.15, 0.2) is 0 Å². The Morgan fingerprint density at radius 1 is 1.17 bits per heavy atom. The van der Waals surface area contributed by atoms with Crippen LogP contribution in [-0.2, 0) is 10.0 Å². The lowest BCUT2D eigenvalue weighted by molar-refractivity contribution is 0.129. The summed E-state index contributed by atoms with van der Waals surface area (Å²) in [6.45, 7) is 0.710. The smallest absolute Gasteiger partial charge is 0.206 e. The zero-order valence-corrected chi connectivity index (χ0v) is 12.0. The average Bonchev–Trinajstić information content (AvgIpc) is 2.92. The van der Waals surface area contributed by atoms with Crippen LogP contribution < -0.4 is 0 Å². The second kappa shape index (κ2) is 4.94. The van der Waals surface area contributed by atoms with Crippen molar-refractivity contribution in [3.05, 3.63) is 17.5 Å². The molecular weight excluding hydrogens is 266 g/mol. The van der Waals surface area contributed by atoms with Gasteiger partial charge in [0.1, 0.15) is 4.21 Å². The fourth-order valence-electron chi connectivity index (χ4n) is 3.40. The summed E-state index contributed by atoms with van der Waals surface area (Å²) < 4.78 is 27.6. The van der Waals surface area contributed by atoms with E-state index in [1.54, 1.807) is 10.4 Å². The lowest BCUT2D eigenvalue weighted by Crippen LogP contribution is -2.49. The highest BCUT2D eigenvalue weighted by molar-refractivity contribution is 7.91. The van der Waals surface area contributed by atoms with E-state index in [4.69, 9.17) is 0 Å². The van der Waals surface area contributed by atoms with E-state index in [0.717, 1.165) is 12.8 Å². The van der Waals surface area contributed by atoms with Gasteiger partial charge in [0, 0.05) is 12.6 Å². The maximum atomic E-state index is 12.6. The molecule has 2 unspecified atom stereocenters. The van der Waals surface area contributed by atoms with Crippen molar-refractivity contribution in [2.24, 2.45) is 5.92 Å². The van der Waals surface area contributed by atoms with Gasteiger partial charge in [0.25, 0.3) is 10.0 Å². The summed E-state index contributed by atoms with van der Waals surface area (Å²) in [6.07, 6.45) is 6.94. The number of piperidine rings is 1. The van der Waals surface area contributed by atoms with Crippen LogP contribution in [0.3, 0.4) is 0 Å². The van der Waals surface area contributed by atoms with Crippen molar-refractivity contribution in [3.63, 3.8) is 0 Å². The molecule has 3 nitrogen and oxygen atoms in total. The molecule has 100 valence electrons. The molecule has 0 amide bonds. The van der Waals surface area contributed by atoms with Gasteiger partial charge in [-0.25, -0.2) is 8.42 Å². The standard InChI is InChI=1S/C13H19NO2S2/c15-18(16,13-8-4-10-17-13)14-9-3-6-11-5-1-2-7-12(11)14/h4,8,10-12H,1-3,5-7,9H2. The molecule has 18 heavy (non-hydrogen) atoms. The Hall–Kier alpha value is -0.390. The number of rotatable bonds is 2. The third kappa shape index (κ3) is 2.12. The van der Waals surface area contributed by atoms with Gasteiger partial charge in [0.2, 0.25) is 0 Å². The van der Waals surface area contributed by atoms with Gasteiger partial charge in [-0.05, 0) is 43.0 Å². The number of hydrogen-bond acceptors (Lipinski definition) is 3. The van der Waals surface area contributed by atoms with E-state index in [2.05, 4.69) is 0 Å². The molecule has 2 aliphatic rings. The van der Waals surface area contributed by atoms with Gasteiger partial charge in [-0.3, -0.25) is 0 Å². The molecule has 5 heteroatoms. The minimum atomic E-state index is -3.24. The first kappa shape index (κ1) is 12.6. The van der Waals surface area contributed by atoms with Crippen molar-refractivity contribution < 1.29 is 8.42 Å². The summed E-state index contributed by atoms with van der Waals surface area (Å²) in [7, 11) is -3.24. The number of thiophene rings is 1. The summed E-state index contributed by atoms with van der Waals surface area (Å²) in [5, 5.41) is 1.84. The number of sulfonamides is 1. The minimum Gasteiger partial charge on any atom is -0.206 e. The van der Waals surface area contributed by atoms with Crippen molar-refractivity contribution in [1.29, 1.82) is 0 Å². The molecule has 3 rings (SSSR count). The maximum Gasteiger partial charge on any atom is 0.252 e. The maximum absolute atomic E-state index is 12.6. The molecule has 0 radical (unpaired) electrons. The van der Waals surface area contributed by atoms with Crippen LogP contribution in [0.15, 0.2) is 21.7 Å². The Bertz CT molecular complexity index is 493. The molecule has 2 fully saturated rings. The van der Waals surface area contributed by atoms with Crippen LogP contribution in [0.1, 0.15) is 38.5 Å². The Labute approximate surface area is 113 Å². The average molecular weight is 285 g/mol. The second-order valence-corrected chi connectivity index (χ2v) is 8.37. The van der Waals surface area contributed by atoms with Gasteiger partial charge in [-0.1, -0.05) is 18.9 Å². The van der Waals surface area contributed by atoms with Gasteiger partial charge >= 0.3 is 0 Å². The molecule has 0 bridgehead atoms. The summed E-state index contributed by atoms with van der Waals surface area (Å²) in [4.78, 5) is 0. The third-order valence-corrected chi connectivity index (χ3v) is 7.55. The van der Waals surface area contributed by atoms with E-state index in [0.29, 0.717) is 16.7 Å². The largest absolute Gasteiger partial charge is 0.252 e. The SMILES string of the molecule is O=S(=O)(c1cccs1)N1CCCC2CCCCC21. The van der Waals surface area contributed by atoms with Gasteiger partial charge < -0.3 is 0 Å². The highest BCUT2D eigenvalue weighted by Gasteiger charge is 2.40. The molecular formula is C13H19NO2S2. The zero-order valence-electron chi connectivity index (χ0n) is 10.4. The van der Waals surface area contributed by atoms with Crippen LogP contribution >= 0.6 is 11.3 Å². The fraction of sp³-hybridized carbons (Fsp3) is 0.692. The lowest BCUT2D eigenvalue weighted by atomic mass is 9.79. The molecule has 0 spiro atoms. The van der Waals surface area contributed by atoms with Crippen LogP contribution in [0.25, 0.3) is 0 Å². The highest BCUT2D eigenvalue weighted by atomic mass is 32.2. The number of fused-ring (bicyclic) bond motifs is 1. The second-order valence-electron chi connectivity index (χ2n) is 5.30. The fourth-order valence-corrected chi connectivity index (χ4v) is 6.28. The van der Waals surface area contributed by atoms with Crippen molar-refractivity contribution in [2.45, 2.75) is 48.8 Å². The van der Waals surface area contributed by atoms with Crippen LogP contribution in [0, 0.1) is 5.92 Å². The summed E-state index contributed by atoms with van der Waals surface area (Å²) >= 11 is 1.33. The Kier molecular flexibility index (Phi) is 3.47. The predicted octanol–water partition coefficient (Wildman–Crippen LogP) is 3.09. The Morgan fingerprint density at radius 2 is 1.94 bits per heavy atom. The first-order valence-corrected chi connectivity index (χ1v) is 9.07. The summed E-state index contributed by atoms with van der Waals surface area (Å²) in [5.74, 6) is 0.599. The molecule has 1 aromatic heterocycles. The molecule has 1 aliphatic heterocycles. The van der Waals surface area contributed by atoms with Crippen molar-refractivity contribution >= 4 is 21.4 Å². The normalized spacial score (nSPS) is 30.0. The van der Waals surface area contributed by atoms with Crippen molar-refractivity contribution in [2.75, 3.05) is 6.54 Å². The van der Waals surface area contributed by atoms with Crippen LogP contribution in [0.5, 0.6) is 0 Å². The molecule has 2 heterocycles. The van der Waals surface area contributed by atoms with Crippen LogP contribution in [0.4, 0.5) is 0 Å². The molecule has 1 aliphatic carbocycles. The van der Waals surface area contributed by atoms with Gasteiger partial charge in [-0.2, -0.15) is 4.31 Å². The zero-order chi connectivity index (χ0) is 12.6. The Morgan fingerprint density at radius 3 is 2.72 bits per heavy atom. The van der Waals surface area contributed by atoms with Crippen molar-refractivity contribution in [1.82, 2.24) is 4.31 Å². The van der Waals surface area contributed by atoms with Gasteiger partial charge in [-0.15, -0.1) is 11.3 Å². The Balaban J connectivity index is 1.90. The molecule has 1 saturated carbocycles. The summed E-state index contributed by atoms with van der Waals surface area (Å²) in [5.41, 5.74) is 0. The van der Waals surface area contributed by atoms with E-state index < -0.39 is 10.0 Å². The van der Waals surface area contributed by atoms with Gasteiger partial charge in [0.05, 0.1) is 0 Å².